The summed E-state index contributed by atoms with van der Waals surface area (Å²) in [5, 5.41) is 2.95. The molecule has 4 nitrogen and oxygen atoms in total. The fourth-order valence-electron chi connectivity index (χ4n) is 3.13. The zero-order chi connectivity index (χ0) is 14.4. The quantitative estimate of drug-likeness (QED) is 0.770. The van der Waals surface area contributed by atoms with E-state index >= 15 is 0 Å². The number of hydrogen-bond donors (Lipinski definition) is 2. The van der Waals surface area contributed by atoms with Gasteiger partial charge in [-0.25, -0.2) is 0 Å². The van der Waals surface area contributed by atoms with Gasteiger partial charge in [0.15, 0.2) is 0 Å². The van der Waals surface area contributed by atoms with Crippen LogP contribution < -0.4 is 11.1 Å². The minimum absolute atomic E-state index is 0.135. The predicted octanol–water partition coefficient (Wildman–Crippen LogP) is 1.60. The van der Waals surface area contributed by atoms with E-state index in [9.17, 15) is 4.79 Å². The second-order valence-electron chi connectivity index (χ2n) is 6.20. The number of hydrogen-bond acceptors (Lipinski definition) is 3. The van der Waals surface area contributed by atoms with Crippen molar-refractivity contribution in [2.75, 3.05) is 19.6 Å². The highest BCUT2D eigenvalue weighted by molar-refractivity contribution is 5.76. The molecular formula is C15H31N3O. The minimum Gasteiger partial charge on any atom is -0.356 e. The van der Waals surface area contributed by atoms with E-state index < -0.39 is 0 Å². The molecule has 19 heavy (non-hydrogen) atoms. The van der Waals surface area contributed by atoms with Gasteiger partial charge in [-0.05, 0) is 31.6 Å². The Morgan fingerprint density at radius 2 is 2.11 bits per heavy atom. The first kappa shape index (κ1) is 16.4. The zero-order valence-corrected chi connectivity index (χ0v) is 13.0. The third-order valence-electron chi connectivity index (χ3n) is 4.38. The second kappa shape index (κ2) is 7.85. The Balaban J connectivity index is 2.59. The summed E-state index contributed by atoms with van der Waals surface area (Å²) in [7, 11) is 0. The molecule has 0 aliphatic carbocycles. The molecule has 4 heteroatoms. The summed E-state index contributed by atoms with van der Waals surface area (Å²) >= 11 is 0. The molecule has 1 heterocycles. The molecule has 0 saturated carbocycles. The topological polar surface area (TPSA) is 58.4 Å². The van der Waals surface area contributed by atoms with Crippen LogP contribution in [0.25, 0.3) is 0 Å². The Bertz CT molecular complexity index is 283. The predicted molar refractivity (Wildman–Crippen MR) is 79.9 cm³/mol. The van der Waals surface area contributed by atoms with Gasteiger partial charge in [-0.2, -0.15) is 0 Å². The summed E-state index contributed by atoms with van der Waals surface area (Å²) in [5.74, 6) is 1.51. The Morgan fingerprint density at radius 1 is 1.42 bits per heavy atom. The van der Waals surface area contributed by atoms with Crippen molar-refractivity contribution < 1.29 is 4.79 Å². The fraction of sp³-hybridized carbons (Fsp3) is 0.933. The average Bonchev–Trinajstić information content (AvgIpc) is 2.38. The Kier molecular flexibility index (Phi) is 6.80. The van der Waals surface area contributed by atoms with E-state index in [0.29, 0.717) is 30.8 Å². The average molecular weight is 269 g/mol. The molecule has 1 fully saturated rings. The lowest BCUT2D eigenvalue weighted by molar-refractivity contribution is -0.122. The molecule has 1 rings (SSSR count). The van der Waals surface area contributed by atoms with Gasteiger partial charge in [0, 0.05) is 38.1 Å². The van der Waals surface area contributed by atoms with Gasteiger partial charge in [0.25, 0.3) is 0 Å². The first-order chi connectivity index (χ1) is 8.99. The van der Waals surface area contributed by atoms with Crippen LogP contribution in [0.2, 0.25) is 0 Å². The van der Waals surface area contributed by atoms with Crippen LogP contribution in [-0.4, -0.2) is 42.5 Å². The van der Waals surface area contributed by atoms with Crippen molar-refractivity contribution in [3.05, 3.63) is 0 Å². The van der Waals surface area contributed by atoms with Crippen molar-refractivity contribution in [2.45, 2.75) is 59.0 Å². The Labute approximate surface area is 118 Å². The van der Waals surface area contributed by atoms with Crippen LogP contribution in [0.4, 0.5) is 0 Å². The van der Waals surface area contributed by atoms with E-state index in [1.165, 1.54) is 6.42 Å². The lowest BCUT2D eigenvalue weighted by atomic mass is 9.84. The summed E-state index contributed by atoms with van der Waals surface area (Å²) in [4.78, 5) is 14.3. The van der Waals surface area contributed by atoms with Gasteiger partial charge in [0.1, 0.15) is 0 Å². The van der Waals surface area contributed by atoms with Gasteiger partial charge in [-0.3, -0.25) is 9.69 Å². The number of carbonyl (C=O) groups excluding carboxylic acids is 1. The smallest absolute Gasteiger partial charge is 0.221 e. The first-order valence-corrected chi connectivity index (χ1v) is 7.72. The highest BCUT2D eigenvalue weighted by Gasteiger charge is 2.33. The molecule has 4 unspecified atom stereocenters. The van der Waals surface area contributed by atoms with E-state index in [0.717, 1.165) is 19.5 Å². The van der Waals surface area contributed by atoms with E-state index in [1.54, 1.807) is 0 Å². The largest absolute Gasteiger partial charge is 0.356 e. The molecule has 1 amide bonds. The summed E-state index contributed by atoms with van der Waals surface area (Å²) < 4.78 is 0. The molecule has 112 valence electrons. The highest BCUT2D eigenvalue weighted by atomic mass is 16.1. The molecule has 1 aliphatic heterocycles. The SMILES string of the molecule is CCCNC(=O)CC(CN)N1CC(C)CC(C)C1C. The van der Waals surface area contributed by atoms with Gasteiger partial charge in [-0.1, -0.05) is 20.8 Å². The van der Waals surface area contributed by atoms with Crippen LogP contribution in [0.15, 0.2) is 0 Å². The van der Waals surface area contributed by atoms with Crippen LogP contribution in [0.3, 0.4) is 0 Å². The van der Waals surface area contributed by atoms with Crippen molar-refractivity contribution in [3.63, 3.8) is 0 Å². The van der Waals surface area contributed by atoms with E-state index in [-0.39, 0.29) is 11.9 Å². The maximum absolute atomic E-state index is 11.9. The number of amides is 1. The van der Waals surface area contributed by atoms with Gasteiger partial charge in [-0.15, -0.1) is 0 Å². The van der Waals surface area contributed by atoms with Crippen molar-refractivity contribution in [2.24, 2.45) is 17.6 Å². The lowest BCUT2D eigenvalue weighted by Crippen LogP contribution is -2.54. The van der Waals surface area contributed by atoms with E-state index in [2.05, 4.69) is 37.9 Å². The number of carbonyl (C=O) groups is 1. The molecule has 1 saturated heterocycles. The van der Waals surface area contributed by atoms with Gasteiger partial charge < -0.3 is 11.1 Å². The van der Waals surface area contributed by atoms with Gasteiger partial charge >= 0.3 is 0 Å². The maximum atomic E-state index is 11.9. The van der Waals surface area contributed by atoms with Gasteiger partial charge in [0.2, 0.25) is 5.91 Å². The van der Waals surface area contributed by atoms with Crippen molar-refractivity contribution in [3.8, 4) is 0 Å². The Hall–Kier alpha value is -0.610. The maximum Gasteiger partial charge on any atom is 0.221 e. The third kappa shape index (κ3) is 4.77. The second-order valence-corrected chi connectivity index (χ2v) is 6.20. The zero-order valence-electron chi connectivity index (χ0n) is 13.0. The Morgan fingerprint density at radius 3 is 2.68 bits per heavy atom. The molecule has 3 N–H and O–H groups in total. The van der Waals surface area contributed by atoms with Crippen LogP contribution >= 0.6 is 0 Å². The molecule has 0 spiro atoms. The molecule has 0 bridgehead atoms. The highest BCUT2D eigenvalue weighted by Crippen LogP contribution is 2.28. The summed E-state index contributed by atoms with van der Waals surface area (Å²) in [6, 6.07) is 0.695. The number of nitrogens with two attached hydrogens (primary N) is 1. The van der Waals surface area contributed by atoms with Crippen molar-refractivity contribution in [1.29, 1.82) is 0 Å². The third-order valence-corrected chi connectivity index (χ3v) is 4.38. The summed E-state index contributed by atoms with van der Waals surface area (Å²) in [6.07, 6.45) is 2.78. The number of nitrogens with one attached hydrogen (secondary N) is 1. The summed E-state index contributed by atoms with van der Waals surface area (Å²) in [6.45, 7) is 11.3. The normalized spacial score (nSPS) is 30.1. The monoisotopic (exact) mass is 269 g/mol. The van der Waals surface area contributed by atoms with Crippen LogP contribution in [0, 0.1) is 11.8 Å². The molecule has 0 radical (unpaired) electrons. The molecule has 1 aliphatic rings. The molecular weight excluding hydrogens is 238 g/mol. The number of nitrogens with zero attached hydrogens (tertiary/aromatic N) is 1. The van der Waals surface area contributed by atoms with E-state index in [1.807, 2.05) is 0 Å². The van der Waals surface area contributed by atoms with Gasteiger partial charge in [0.05, 0.1) is 0 Å². The standard InChI is InChI=1S/C15H31N3O/c1-5-6-17-15(19)8-14(9-16)18-10-11(2)7-12(3)13(18)4/h11-14H,5-10,16H2,1-4H3,(H,17,19). The van der Waals surface area contributed by atoms with Crippen LogP contribution in [0.5, 0.6) is 0 Å². The van der Waals surface area contributed by atoms with Crippen molar-refractivity contribution in [1.82, 2.24) is 10.2 Å². The summed E-state index contributed by atoms with van der Waals surface area (Å²) in [5.41, 5.74) is 5.91. The lowest BCUT2D eigenvalue weighted by Gasteiger charge is -2.45. The number of piperidine rings is 1. The van der Waals surface area contributed by atoms with Crippen LogP contribution in [-0.2, 0) is 4.79 Å². The van der Waals surface area contributed by atoms with Crippen molar-refractivity contribution >= 4 is 5.91 Å². The minimum atomic E-state index is 0.135. The molecule has 0 aromatic heterocycles. The fourth-order valence-corrected chi connectivity index (χ4v) is 3.13. The van der Waals surface area contributed by atoms with E-state index in [4.69, 9.17) is 5.73 Å². The number of likely N-dealkylation sites (tertiary alicyclic amines) is 1. The van der Waals surface area contributed by atoms with Crippen LogP contribution in [0.1, 0.15) is 47.0 Å². The first-order valence-electron chi connectivity index (χ1n) is 7.72. The molecule has 4 atom stereocenters. The molecule has 0 aromatic carbocycles. The molecule has 0 aromatic rings. The number of rotatable bonds is 6.